The van der Waals surface area contributed by atoms with Gasteiger partial charge in [0.25, 0.3) is 0 Å². The molecule has 0 bridgehead atoms. The summed E-state index contributed by atoms with van der Waals surface area (Å²) in [5, 5.41) is 3.55. The molecule has 3 heteroatoms. The molecule has 0 radical (unpaired) electrons. The molecule has 3 nitrogen and oxygen atoms in total. The molecule has 0 saturated heterocycles. The molecule has 110 valence electrons. The fraction of sp³-hybridized carbons (Fsp3) is 0.333. The number of para-hydroxylation sites is 2. The second-order valence-corrected chi connectivity index (χ2v) is 5.36. The molecule has 0 heterocycles. The minimum Gasteiger partial charge on any atom is -0.493 e. The van der Waals surface area contributed by atoms with Crippen molar-refractivity contribution < 1.29 is 9.47 Å². The quantitative estimate of drug-likeness (QED) is 0.843. The van der Waals surface area contributed by atoms with Gasteiger partial charge in [0.1, 0.15) is 6.61 Å². The van der Waals surface area contributed by atoms with Crippen molar-refractivity contribution in [2.45, 2.75) is 32.0 Å². The predicted molar refractivity (Wildman–Crippen MR) is 83.6 cm³/mol. The lowest BCUT2D eigenvalue weighted by atomic mass is 10.1. The second-order valence-electron chi connectivity index (χ2n) is 5.36. The fourth-order valence-electron chi connectivity index (χ4n) is 2.31. The van der Waals surface area contributed by atoms with Crippen LogP contribution >= 0.6 is 0 Å². The van der Waals surface area contributed by atoms with E-state index in [0.717, 1.165) is 18.0 Å². The minimum absolute atomic E-state index is 0.558. The molecule has 1 saturated carbocycles. The molecular weight excluding hydrogens is 262 g/mol. The van der Waals surface area contributed by atoms with Gasteiger partial charge in [-0.3, -0.25) is 0 Å². The van der Waals surface area contributed by atoms with E-state index in [0.29, 0.717) is 12.6 Å². The van der Waals surface area contributed by atoms with Crippen LogP contribution in [0.2, 0.25) is 0 Å². The highest BCUT2D eigenvalue weighted by Crippen LogP contribution is 2.27. The predicted octanol–water partition coefficient (Wildman–Crippen LogP) is 3.53. The van der Waals surface area contributed by atoms with Gasteiger partial charge in [-0.1, -0.05) is 36.4 Å². The van der Waals surface area contributed by atoms with Gasteiger partial charge in [-0.05, 0) is 36.1 Å². The maximum absolute atomic E-state index is 5.92. The van der Waals surface area contributed by atoms with Crippen LogP contribution in [-0.2, 0) is 13.2 Å². The van der Waals surface area contributed by atoms with Gasteiger partial charge in [-0.25, -0.2) is 0 Å². The number of hydrogen-bond donors (Lipinski definition) is 1. The molecule has 2 aromatic rings. The van der Waals surface area contributed by atoms with Crippen LogP contribution in [0.3, 0.4) is 0 Å². The van der Waals surface area contributed by atoms with Gasteiger partial charge in [0, 0.05) is 12.6 Å². The summed E-state index contributed by atoms with van der Waals surface area (Å²) in [5.74, 6) is 1.55. The van der Waals surface area contributed by atoms with Crippen LogP contribution in [0.15, 0.2) is 48.5 Å². The molecule has 0 atom stereocenters. The van der Waals surface area contributed by atoms with E-state index in [2.05, 4.69) is 29.6 Å². The van der Waals surface area contributed by atoms with E-state index in [4.69, 9.17) is 9.47 Å². The van der Waals surface area contributed by atoms with Crippen molar-refractivity contribution in [3.05, 3.63) is 59.7 Å². The molecule has 2 aromatic carbocycles. The lowest BCUT2D eigenvalue weighted by Gasteiger charge is -2.13. The van der Waals surface area contributed by atoms with Crippen molar-refractivity contribution in [3.8, 4) is 11.5 Å². The van der Waals surface area contributed by atoms with Crippen molar-refractivity contribution >= 4 is 0 Å². The van der Waals surface area contributed by atoms with E-state index in [1.165, 1.54) is 24.0 Å². The summed E-state index contributed by atoms with van der Waals surface area (Å²) in [7, 11) is 1.66. The smallest absolute Gasteiger partial charge is 0.161 e. The zero-order chi connectivity index (χ0) is 14.5. The van der Waals surface area contributed by atoms with Crippen LogP contribution in [0.5, 0.6) is 11.5 Å². The van der Waals surface area contributed by atoms with Gasteiger partial charge in [0.2, 0.25) is 0 Å². The van der Waals surface area contributed by atoms with E-state index in [1.807, 2.05) is 24.3 Å². The Balaban J connectivity index is 1.66. The molecule has 1 N–H and O–H groups in total. The standard InChI is InChI=1S/C18H21NO2/c1-20-17-8-4-5-9-18(17)21-13-15-7-3-2-6-14(15)12-19-16-10-11-16/h2-9,16,19H,10-13H2,1H3. The first-order valence-electron chi connectivity index (χ1n) is 7.43. The number of hydrogen-bond acceptors (Lipinski definition) is 3. The highest BCUT2D eigenvalue weighted by Gasteiger charge is 2.20. The SMILES string of the molecule is COc1ccccc1OCc1ccccc1CNC1CC1. The zero-order valence-electron chi connectivity index (χ0n) is 12.3. The van der Waals surface area contributed by atoms with Crippen molar-refractivity contribution in [2.75, 3.05) is 7.11 Å². The molecule has 1 aliphatic rings. The summed E-state index contributed by atoms with van der Waals surface area (Å²) in [6.45, 7) is 1.47. The summed E-state index contributed by atoms with van der Waals surface area (Å²) < 4.78 is 11.2. The first kappa shape index (κ1) is 14.0. The average molecular weight is 283 g/mol. The van der Waals surface area contributed by atoms with E-state index in [9.17, 15) is 0 Å². The Morgan fingerprint density at radius 2 is 1.62 bits per heavy atom. The Morgan fingerprint density at radius 1 is 0.952 bits per heavy atom. The van der Waals surface area contributed by atoms with Gasteiger partial charge in [0.05, 0.1) is 7.11 Å². The first-order valence-corrected chi connectivity index (χ1v) is 7.43. The summed E-state index contributed by atoms with van der Waals surface area (Å²) >= 11 is 0. The third-order valence-corrected chi connectivity index (χ3v) is 3.73. The van der Waals surface area contributed by atoms with Crippen LogP contribution in [0.25, 0.3) is 0 Å². The molecule has 21 heavy (non-hydrogen) atoms. The number of nitrogens with one attached hydrogen (secondary N) is 1. The Bertz CT molecular complexity index is 593. The molecule has 0 aliphatic heterocycles. The van der Waals surface area contributed by atoms with E-state index < -0.39 is 0 Å². The first-order chi connectivity index (χ1) is 10.4. The zero-order valence-corrected chi connectivity index (χ0v) is 12.3. The molecule has 1 fully saturated rings. The van der Waals surface area contributed by atoms with E-state index >= 15 is 0 Å². The van der Waals surface area contributed by atoms with Crippen LogP contribution in [-0.4, -0.2) is 13.2 Å². The van der Waals surface area contributed by atoms with Gasteiger partial charge in [-0.15, -0.1) is 0 Å². The summed E-state index contributed by atoms with van der Waals surface area (Å²) in [5.41, 5.74) is 2.52. The number of ether oxygens (including phenoxy) is 2. The number of rotatable bonds is 7. The normalized spacial score (nSPS) is 14.0. The maximum atomic E-state index is 5.92. The third-order valence-electron chi connectivity index (χ3n) is 3.73. The fourth-order valence-corrected chi connectivity index (χ4v) is 2.31. The number of benzene rings is 2. The summed E-state index contributed by atoms with van der Waals surface area (Å²) in [6.07, 6.45) is 2.61. The Morgan fingerprint density at radius 3 is 2.33 bits per heavy atom. The topological polar surface area (TPSA) is 30.5 Å². The molecule has 0 unspecified atom stereocenters. The monoisotopic (exact) mass is 283 g/mol. The molecule has 0 amide bonds. The highest BCUT2D eigenvalue weighted by atomic mass is 16.5. The van der Waals surface area contributed by atoms with Gasteiger partial charge in [-0.2, -0.15) is 0 Å². The molecule has 0 aromatic heterocycles. The van der Waals surface area contributed by atoms with Crippen LogP contribution in [0, 0.1) is 0 Å². The Hall–Kier alpha value is -2.00. The van der Waals surface area contributed by atoms with Gasteiger partial charge in [0.15, 0.2) is 11.5 Å². The van der Waals surface area contributed by atoms with Crippen molar-refractivity contribution in [2.24, 2.45) is 0 Å². The van der Waals surface area contributed by atoms with Crippen molar-refractivity contribution in [1.29, 1.82) is 0 Å². The molecular formula is C18H21NO2. The van der Waals surface area contributed by atoms with E-state index in [1.54, 1.807) is 7.11 Å². The van der Waals surface area contributed by atoms with Crippen LogP contribution in [0.4, 0.5) is 0 Å². The lowest BCUT2D eigenvalue weighted by molar-refractivity contribution is 0.283. The van der Waals surface area contributed by atoms with Crippen molar-refractivity contribution in [1.82, 2.24) is 5.32 Å². The largest absolute Gasteiger partial charge is 0.493 e. The maximum Gasteiger partial charge on any atom is 0.161 e. The van der Waals surface area contributed by atoms with Crippen LogP contribution in [0.1, 0.15) is 24.0 Å². The van der Waals surface area contributed by atoms with Gasteiger partial charge < -0.3 is 14.8 Å². The molecule has 0 spiro atoms. The molecule has 3 rings (SSSR count). The minimum atomic E-state index is 0.558. The highest BCUT2D eigenvalue weighted by molar-refractivity contribution is 5.39. The second kappa shape index (κ2) is 6.64. The average Bonchev–Trinajstić information content (AvgIpc) is 3.36. The Labute approximate surface area is 125 Å². The Kier molecular flexibility index (Phi) is 4.41. The van der Waals surface area contributed by atoms with Crippen LogP contribution < -0.4 is 14.8 Å². The summed E-state index contributed by atoms with van der Waals surface area (Å²) in [6, 6.07) is 16.9. The molecule has 1 aliphatic carbocycles. The van der Waals surface area contributed by atoms with E-state index in [-0.39, 0.29) is 0 Å². The van der Waals surface area contributed by atoms with Crippen molar-refractivity contribution in [3.63, 3.8) is 0 Å². The lowest BCUT2D eigenvalue weighted by Crippen LogP contribution is -2.16. The summed E-state index contributed by atoms with van der Waals surface area (Å²) in [4.78, 5) is 0. The number of methoxy groups -OCH3 is 1. The van der Waals surface area contributed by atoms with Gasteiger partial charge >= 0.3 is 0 Å². The third kappa shape index (κ3) is 3.76.